The summed E-state index contributed by atoms with van der Waals surface area (Å²) in [6.45, 7) is 5.31. The van der Waals surface area contributed by atoms with Crippen molar-refractivity contribution in [2.45, 2.75) is 32.5 Å². The number of fused-ring (bicyclic) bond motifs is 1. The van der Waals surface area contributed by atoms with E-state index < -0.39 is 5.54 Å². The molecule has 1 aliphatic rings. The minimum Gasteiger partial charge on any atom is -0.325 e. The molecule has 3 N–H and O–H groups in total. The van der Waals surface area contributed by atoms with Gasteiger partial charge in [0.1, 0.15) is 0 Å². The molecule has 0 atom stereocenters. The summed E-state index contributed by atoms with van der Waals surface area (Å²) >= 11 is 0. The lowest BCUT2D eigenvalue weighted by Gasteiger charge is -2.18. The molecule has 0 bridgehead atoms. The monoisotopic (exact) mass is 233 g/mol. The highest BCUT2D eigenvalue weighted by atomic mass is 16.2. The minimum absolute atomic E-state index is 0.163. The van der Waals surface area contributed by atoms with Crippen LogP contribution in [0.1, 0.15) is 25.0 Å². The third-order valence-corrected chi connectivity index (χ3v) is 2.93. The second-order valence-electron chi connectivity index (χ2n) is 5.33. The Morgan fingerprint density at radius 1 is 1.35 bits per heavy atom. The first-order valence-corrected chi connectivity index (χ1v) is 5.77. The molecule has 1 aromatic rings. The molecule has 1 aromatic carbocycles. The number of nitrogens with zero attached hydrogens (tertiary/aromatic N) is 1. The topological polar surface area (TPSA) is 58.4 Å². The van der Waals surface area contributed by atoms with E-state index in [2.05, 4.69) is 23.3 Å². The Bertz CT molecular complexity index is 448. The summed E-state index contributed by atoms with van der Waals surface area (Å²) < 4.78 is 0. The second-order valence-corrected chi connectivity index (χ2v) is 5.33. The van der Waals surface area contributed by atoms with Crippen molar-refractivity contribution in [1.82, 2.24) is 4.90 Å². The lowest BCUT2D eigenvalue weighted by molar-refractivity contribution is -0.120. The van der Waals surface area contributed by atoms with Gasteiger partial charge in [0.15, 0.2) is 0 Å². The zero-order valence-corrected chi connectivity index (χ0v) is 10.6. The first-order valence-electron chi connectivity index (χ1n) is 5.77. The molecular formula is C13H19N3O. The molecule has 1 heterocycles. The van der Waals surface area contributed by atoms with E-state index in [9.17, 15) is 4.79 Å². The highest BCUT2D eigenvalue weighted by molar-refractivity contribution is 5.97. The van der Waals surface area contributed by atoms with Gasteiger partial charge in [-0.25, -0.2) is 0 Å². The summed E-state index contributed by atoms with van der Waals surface area (Å²) in [5, 5.41) is 2.84. The van der Waals surface area contributed by atoms with E-state index >= 15 is 0 Å². The van der Waals surface area contributed by atoms with Crippen LogP contribution in [0.15, 0.2) is 18.2 Å². The van der Waals surface area contributed by atoms with Gasteiger partial charge in [-0.3, -0.25) is 9.69 Å². The average Bonchev–Trinajstić information content (AvgIpc) is 2.55. The summed E-state index contributed by atoms with van der Waals surface area (Å²) in [6, 6.07) is 6.03. The van der Waals surface area contributed by atoms with Gasteiger partial charge >= 0.3 is 0 Å². The Balaban J connectivity index is 2.15. The lowest BCUT2D eigenvalue weighted by atomic mass is 10.1. The molecular weight excluding hydrogens is 214 g/mol. The van der Waals surface area contributed by atoms with Gasteiger partial charge in [0.05, 0.1) is 5.54 Å². The zero-order chi connectivity index (χ0) is 12.6. The maximum atomic E-state index is 11.8. The molecule has 0 fully saturated rings. The maximum absolute atomic E-state index is 11.8. The van der Waals surface area contributed by atoms with E-state index in [1.165, 1.54) is 11.1 Å². The number of amides is 1. The molecule has 2 rings (SSSR count). The third kappa shape index (κ3) is 2.65. The van der Waals surface area contributed by atoms with Crippen LogP contribution in [0.3, 0.4) is 0 Å². The van der Waals surface area contributed by atoms with Crippen LogP contribution in [0.4, 0.5) is 5.69 Å². The molecule has 0 aromatic heterocycles. The van der Waals surface area contributed by atoms with Crippen LogP contribution in [0.2, 0.25) is 0 Å². The summed E-state index contributed by atoms with van der Waals surface area (Å²) in [7, 11) is 2.08. The molecule has 1 amide bonds. The predicted octanol–water partition coefficient (Wildman–Crippen LogP) is 1.31. The smallest absolute Gasteiger partial charge is 0.243 e. The van der Waals surface area contributed by atoms with Crippen molar-refractivity contribution >= 4 is 11.6 Å². The normalized spacial score (nSPS) is 15.8. The summed E-state index contributed by atoms with van der Waals surface area (Å²) in [4.78, 5) is 14.0. The van der Waals surface area contributed by atoms with Crippen LogP contribution in [-0.2, 0) is 17.9 Å². The summed E-state index contributed by atoms with van der Waals surface area (Å²) in [6.07, 6.45) is 0. The van der Waals surface area contributed by atoms with Crippen LogP contribution in [0.25, 0.3) is 0 Å². The fourth-order valence-electron chi connectivity index (χ4n) is 1.93. The SMILES string of the molecule is CN1Cc2ccc(NC(=O)C(C)(C)N)cc2C1. The molecule has 0 saturated heterocycles. The van der Waals surface area contributed by atoms with Crippen LogP contribution in [-0.4, -0.2) is 23.4 Å². The van der Waals surface area contributed by atoms with Crippen molar-refractivity contribution in [3.63, 3.8) is 0 Å². The molecule has 92 valence electrons. The Morgan fingerprint density at radius 2 is 2.00 bits per heavy atom. The molecule has 17 heavy (non-hydrogen) atoms. The average molecular weight is 233 g/mol. The van der Waals surface area contributed by atoms with E-state index in [1.54, 1.807) is 13.8 Å². The van der Waals surface area contributed by atoms with Crippen molar-refractivity contribution in [2.75, 3.05) is 12.4 Å². The fourth-order valence-corrected chi connectivity index (χ4v) is 1.93. The number of nitrogens with one attached hydrogen (secondary N) is 1. The number of hydrogen-bond donors (Lipinski definition) is 2. The number of anilines is 1. The van der Waals surface area contributed by atoms with Crippen LogP contribution in [0.5, 0.6) is 0 Å². The van der Waals surface area contributed by atoms with Gasteiger partial charge in [-0.1, -0.05) is 6.07 Å². The van der Waals surface area contributed by atoms with Crippen LogP contribution in [0, 0.1) is 0 Å². The molecule has 0 saturated carbocycles. The Kier molecular flexibility index (Phi) is 2.93. The first kappa shape index (κ1) is 12.1. The van der Waals surface area contributed by atoms with Gasteiger partial charge in [0, 0.05) is 18.8 Å². The van der Waals surface area contributed by atoms with Gasteiger partial charge in [-0.2, -0.15) is 0 Å². The van der Waals surface area contributed by atoms with E-state index in [0.29, 0.717) is 0 Å². The van der Waals surface area contributed by atoms with Crippen molar-refractivity contribution < 1.29 is 4.79 Å². The van der Waals surface area contributed by atoms with Crippen molar-refractivity contribution in [1.29, 1.82) is 0 Å². The third-order valence-electron chi connectivity index (χ3n) is 2.93. The van der Waals surface area contributed by atoms with Gasteiger partial charge in [-0.05, 0) is 44.2 Å². The number of carbonyl (C=O) groups is 1. The molecule has 0 aliphatic carbocycles. The van der Waals surface area contributed by atoms with E-state index in [4.69, 9.17) is 5.73 Å². The van der Waals surface area contributed by atoms with E-state index in [-0.39, 0.29) is 5.91 Å². The number of nitrogens with two attached hydrogens (primary N) is 1. The standard InChI is InChI=1S/C13H19N3O/c1-13(2,14)12(17)15-11-5-4-9-7-16(3)8-10(9)6-11/h4-6H,7-8,14H2,1-3H3,(H,15,17). The number of carbonyl (C=O) groups excluding carboxylic acids is 1. The van der Waals surface area contributed by atoms with Gasteiger partial charge in [0.2, 0.25) is 5.91 Å². The van der Waals surface area contributed by atoms with E-state index in [1.807, 2.05) is 12.1 Å². The van der Waals surface area contributed by atoms with Crippen molar-refractivity contribution in [3.8, 4) is 0 Å². The Labute approximate surface area is 102 Å². The highest BCUT2D eigenvalue weighted by Crippen LogP contribution is 2.24. The quantitative estimate of drug-likeness (QED) is 0.809. The maximum Gasteiger partial charge on any atom is 0.243 e. The number of hydrogen-bond acceptors (Lipinski definition) is 3. The van der Waals surface area contributed by atoms with Crippen molar-refractivity contribution in [3.05, 3.63) is 29.3 Å². The fraction of sp³-hybridized carbons (Fsp3) is 0.462. The second kappa shape index (κ2) is 4.13. The zero-order valence-electron chi connectivity index (χ0n) is 10.6. The van der Waals surface area contributed by atoms with Crippen LogP contribution < -0.4 is 11.1 Å². The van der Waals surface area contributed by atoms with E-state index in [0.717, 1.165) is 18.8 Å². The Hall–Kier alpha value is -1.39. The first-order chi connectivity index (χ1) is 7.86. The molecule has 0 spiro atoms. The molecule has 4 nitrogen and oxygen atoms in total. The van der Waals surface area contributed by atoms with Gasteiger partial charge < -0.3 is 11.1 Å². The largest absolute Gasteiger partial charge is 0.325 e. The molecule has 0 radical (unpaired) electrons. The minimum atomic E-state index is -0.851. The summed E-state index contributed by atoms with van der Waals surface area (Å²) in [5.41, 5.74) is 8.32. The van der Waals surface area contributed by atoms with Crippen LogP contribution >= 0.6 is 0 Å². The Morgan fingerprint density at radius 3 is 2.65 bits per heavy atom. The molecule has 4 heteroatoms. The number of rotatable bonds is 2. The van der Waals surface area contributed by atoms with Gasteiger partial charge in [-0.15, -0.1) is 0 Å². The highest BCUT2D eigenvalue weighted by Gasteiger charge is 2.22. The molecule has 1 aliphatic heterocycles. The van der Waals surface area contributed by atoms with Crippen molar-refractivity contribution in [2.24, 2.45) is 5.73 Å². The lowest BCUT2D eigenvalue weighted by Crippen LogP contribution is -2.45. The molecule has 0 unspecified atom stereocenters. The van der Waals surface area contributed by atoms with Gasteiger partial charge in [0.25, 0.3) is 0 Å². The predicted molar refractivity (Wildman–Crippen MR) is 68.5 cm³/mol. The summed E-state index contributed by atoms with van der Waals surface area (Å²) in [5.74, 6) is -0.163. The number of benzene rings is 1.